The van der Waals surface area contributed by atoms with Crippen molar-refractivity contribution in [3.05, 3.63) is 0 Å². The first-order valence-electron chi connectivity index (χ1n) is 18.6. The second kappa shape index (κ2) is 17.4. The monoisotopic (exact) mass is 768 g/mol. The van der Waals surface area contributed by atoms with Crippen molar-refractivity contribution in [3.63, 3.8) is 0 Å². The molecule has 0 spiro atoms. The summed E-state index contributed by atoms with van der Waals surface area (Å²) in [6, 6.07) is -1.08. The highest BCUT2D eigenvalue weighted by Gasteiger charge is 2.60. The highest BCUT2D eigenvalue weighted by atomic mass is 32.2. The molecule has 0 radical (unpaired) electrons. The molecule has 3 fully saturated rings. The van der Waals surface area contributed by atoms with Crippen molar-refractivity contribution in [1.82, 2.24) is 30.0 Å². The molecule has 0 aliphatic carbocycles. The van der Waals surface area contributed by atoms with Gasteiger partial charge in [0.25, 0.3) is 0 Å². The number of likely N-dealkylation sites (N-methyl/N-ethyl adjacent to an activating group) is 1. The zero-order valence-electron chi connectivity index (χ0n) is 33.3. The van der Waals surface area contributed by atoms with Crippen LogP contribution in [0.3, 0.4) is 0 Å². The number of amides is 1. The number of hydrogen-bond donors (Lipinski definition) is 1. The number of carbonyl (C=O) groups is 4. The van der Waals surface area contributed by atoms with Crippen molar-refractivity contribution in [3.8, 4) is 0 Å². The molecule has 17 heteroatoms. The van der Waals surface area contributed by atoms with Gasteiger partial charge in [0.1, 0.15) is 23.9 Å². The number of esters is 1. The van der Waals surface area contributed by atoms with Crippen LogP contribution in [0.15, 0.2) is 5.16 Å². The topological polar surface area (TPSA) is 185 Å². The number of cyclic esters (lactones) is 1. The molecule has 3 saturated heterocycles. The molecule has 300 valence electrons. The Morgan fingerprint density at radius 2 is 1.74 bits per heavy atom. The van der Waals surface area contributed by atoms with Crippen LogP contribution in [0.5, 0.6) is 0 Å². The molecule has 16 nitrogen and oxygen atoms in total. The minimum atomic E-state index is -1.40. The van der Waals surface area contributed by atoms with Crippen LogP contribution >= 0.6 is 11.8 Å². The summed E-state index contributed by atoms with van der Waals surface area (Å²) in [6.45, 7) is 14.2. The molecule has 1 aromatic rings. The van der Waals surface area contributed by atoms with Crippen molar-refractivity contribution in [2.24, 2.45) is 30.7 Å². The van der Waals surface area contributed by atoms with Crippen LogP contribution in [0.2, 0.25) is 0 Å². The predicted octanol–water partition coefficient (Wildman–Crippen LogP) is 2.90. The van der Waals surface area contributed by atoms with Gasteiger partial charge in [0.15, 0.2) is 17.7 Å². The van der Waals surface area contributed by atoms with Gasteiger partial charge in [0.05, 0.1) is 23.9 Å². The largest absolute Gasteiger partial charge is 0.458 e. The number of aromatic nitrogens is 4. The van der Waals surface area contributed by atoms with Crippen molar-refractivity contribution >= 4 is 35.4 Å². The quantitative estimate of drug-likeness (QED) is 0.159. The number of aliphatic hydroxyl groups excluding tert-OH is 1. The summed E-state index contributed by atoms with van der Waals surface area (Å²) in [4.78, 5) is 59.8. The van der Waals surface area contributed by atoms with Gasteiger partial charge in [-0.05, 0) is 77.9 Å². The van der Waals surface area contributed by atoms with Gasteiger partial charge in [-0.15, -0.1) is 5.10 Å². The third-order valence-corrected chi connectivity index (χ3v) is 12.6. The van der Waals surface area contributed by atoms with E-state index < -0.39 is 83.4 Å². The Balaban J connectivity index is 1.72. The van der Waals surface area contributed by atoms with E-state index >= 15 is 0 Å². The third-order valence-electron chi connectivity index (χ3n) is 11.5. The molecule has 4 rings (SSSR count). The minimum absolute atomic E-state index is 0.126. The van der Waals surface area contributed by atoms with Crippen LogP contribution in [0, 0.1) is 23.7 Å². The molecule has 0 unspecified atom stereocenters. The molecular weight excluding hydrogens is 708 g/mol. The zero-order valence-corrected chi connectivity index (χ0v) is 34.1. The van der Waals surface area contributed by atoms with Crippen molar-refractivity contribution < 1.29 is 48.0 Å². The summed E-state index contributed by atoms with van der Waals surface area (Å²) < 4.78 is 32.6. The van der Waals surface area contributed by atoms with Gasteiger partial charge in [0, 0.05) is 50.3 Å². The molecule has 1 amide bonds. The van der Waals surface area contributed by atoms with E-state index in [0.29, 0.717) is 23.8 Å². The number of ketones is 2. The molecule has 0 saturated carbocycles. The third kappa shape index (κ3) is 8.90. The lowest BCUT2D eigenvalue weighted by Gasteiger charge is -2.47. The van der Waals surface area contributed by atoms with Gasteiger partial charge < -0.3 is 38.6 Å². The average molecular weight is 769 g/mol. The molecule has 53 heavy (non-hydrogen) atoms. The number of ether oxygens (including phenoxy) is 5. The fourth-order valence-corrected chi connectivity index (χ4v) is 9.22. The number of carbonyl (C=O) groups excluding carboxylic acids is 4. The van der Waals surface area contributed by atoms with Gasteiger partial charge in [0.2, 0.25) is 5.16 Å². The van der Waals surface area contributed by atoms with Crippen LogP contribution in [0.25, 0.3) is 0 Å². The van der Waals surface area contributed by atoms with E-state index in [2.05, 4.69) is 15.5 Å². The van der Waals surface area contributed by atoms with Gasteiger partial charge in [-0.1, -0.05) is 39.5 Å². The van der Waals surface area contributed by atoms with Crippen molar-refractivity contribution in [2.75, 3.05) is 33.5 Å². The molecule has 13 atom stereocenters. The maximum absolute atomic E-state index is 14.6. The Hall–Kier alpha value is -2.70. The summed E-state index contributed by atoms with van der Waals surface area (Å²) in [5.74, 6) is -4.39. The number of nitrogens with zero attached hydrogens (tertiary/aromatic N) is 6. The molecule has 3 aliphatic heterocycles. The maximum Gasteiger partial charge on any atom is 0.410 e. The number of thioether (sulfide) groups is 1. The van der Waals surface area contributed by atoms with E-state index in [0.717, 1.165) is 0 Å². The Labute approximate surface area is 317 Å². The molecule has 4 heterocycles. The molecule has 1 N–H and O–H groups in total. The van der Waals surface area contributed by atoms with Crippen molar-refractivity contribution in [2.45, 2.75) is 140 Å². The summed E-state index contributed by atoms with van der Waals surface area (Å²) in [5, 5.41) is 23.5. The number of methoxy groups -OCH3 is 1. The lowest BCUT2D eigenvalue weighted by Crippen LogP contribution is -2.60. The number of rotatable bonds is 10. The van der Waals surface area contributed by atoms with E-state index in [-0.39, 0.29) is 37.3 Å². The lowest BCUT2D eigenvalue weighted by atomic mass is 9.73. The minimum Gasteiger partial charge on any atom is -0.458 e. The highest BCUT2D eigenvalue weighted by molar-refractivity contribution is 7.99. The number of Topliss-reactive ketones (excluding diaryl/α,β-unsaturated/α-hetero) is 2. The van der Waals surface area contributed by atoms with E-state index in [1.165, 1.54) is 25.8 Å². The van der Waals surface area contributed by atoms with Crippen LogP contribution in [0.1, 0.15) is 81.1 Å². The maximum atomic E-state index is 14.6. The molecule has 1 aromatic heterocycles. The van der Waals surface area contributed by atoms with E-state index in [4.69, 9.17) is 23.7 Å². The number of fused-ring (bicyclic) bond motifs is 1. The highest BCUT2D eigenvalue weighted by Crippen LogP contribution is 2.43. The standard InChI is InChI=1S/C36H60N6O10S/c1-13-25-36(8)29(42(34(47)52-36)15-14-16-53-33-37-38-39-41(33)11)21(4)26(43)19(2)18-35(7,48-12)30(22(5)27(44)23(6)31(46)50-25)51-32-28(45)24(40(9)10)17-20(3)49-32/h19-25,28-30,32,45H,13-18H2,1-12H3/t19-,20-,21+,22+,23-,24+,25-,28-,29-,30-,32+,35+,36-/m1/s1. The van der Waals surface area contributed by atoms with Gasteiger partial charge in [-0.3, -0.25) is 14.4 Å². The molecule has 0 bridgehead atoms. The Morgan fingerprint density at radius 3 is 2.32 bits per heavy atom. The zero-order chi connectivity index (χ0) is 39.6. The molecule has 3 aliphatic rings. The normalized spacial score (nSPS) is 39.1. The van der Waals surface area contributed by atoms with Crippen LogP contribution in [-0.4, -0.2) is 146 Å². The summed E-state index contributed by atoms with van der Waals surface area (Å²) in [6.07, 6.45) is -3.54. The van der Waals surface area contributed by atoms with Crippen LogP contribution < -0.4 is 0 Å². The number of aliphatic hydroxyl groups is 1. The smallest absolute Gasteiger partial charge is 0.410 e. The summed E-state index contributed by atoms with van der Waals surface area (Å²) in [5.41, 5.74) is -2.67. The number of tetrazole rings is 1. The first kappa shape index (κ1) is 43.0. The van der Waals surface area contributed by atoms with Crippen molar-refractivity contribution in [1.29, 1.82) is 0 Å². The van der Waals surface area contributed by atoms with Gasteiger partial charge >= 0.3 is 12.1 Å². The first-order valence-corrected chi connectivity index (χ1v) is 19.6. The van der Waals surface area contributed by atoms with E-state index in [9.17, 15) is 24.3 Å². The number of aryl methyl sites for hydroxylation is 1. The number of hydrogen-bond acceptors (Lipinski definition) is 15. The Bertz CT molecular complexity index is 1470. The average Bonchev–Trinajstić information content (AvgIpc) is 3.64. The second-order valence-electron chi connectivity index (χ2n) is 15.7. The van der Waals surface area contributed by atoms with E-state index in [1.807, 2.05) is 25.9 Å². The first-order chi connectivity index (χ1) is 24.8. The predicted molar refractivity (Wildman–Crippen MR) is 194 cm³/mol. The lowest BCUT2D eigenvalue weighted by molar-refractivity contribution is -0.295. The summed E-state index contributed by atoms with van der Waals surface area (Å²) in [7, 11) is 6.97. The van der Waals surface area contributed by atoms with Crippen LogP contribution in [0.4, 0.5) is 4.79 Å². The van der Waals surface area contributed by atoms with Crippen LogP contribution in [-0.2, 0) is 45.1 Å². The Kier molecular flexibility index (Phi) is 14.1. The van der Waals surface area contributed by atoms with Gasteiger partial charge in [-0.25, -0.2) is 9.48 Å². The fraction of sp³-hybridized carbons (Fsp3) is 0.861. The molecular formula is C36H60N6O10S. The summed E-state index contributed by atoms with van der Waals surface area (Å²) >= 11 is 1.44. The Morgan fingerprint density at radius 1 is 1.06 bits per heavy atom. The fourth-order valence-electron chi connectivity index (χ4n) is 8.45. The van der Waals surface area contributed by atoms with E-state index in [1.54, 1.807) is 58.2 Å². The SMILES string of the molecule is CC[C@H]1OC(=O)[C@H](C)C(=O)[C@H](C)[C@@H](O[C@@H]2O[C@H](C)C[C@H](N(C)C)[C@H]2O)[C@@](C)(OC)C[C@@H](C)C(=O)[C@H](C)[C@H]2N(CCCSc3nnnn3C)C(=O)O[C@]12C. The second-order valence-corrected chi connectivity index (χ2v) is 16.7. The molecule has 0 aromatic carbocycles. The van der Waals surface area contributed by atoms with Gasteiger partial charge in [-0.2, -0.15) is 0 Å².